The molecule has 0 unspecified atom stereocenters. The minimum atomic E-state index is -0.727. The van der Waals surface area contributed by atoms with Crippen molar-refractivity contribution in [1.82, 2.24) is 15.2 Å². The second-order valence-electron chi connectivity index (χ2n) is 11.5. The van der Waals surface area contributed by atoms with E-state index in [1.54, 1.807) is 24.4 Å². The average molecular weight is 590 g/mol. The molecule has 1 aromatic heterocycles. The lowest BCUT2D eigenvalue weighted by molar-refractivity contribution is -0.128. The van der Waals surface area contributed by atoms with Crippen molar-refractivity contribution in [3.05, 3.63) is 30.1 Å². The van der Waals surface area contributed by atoms with Crippen molar-refractivity contribution >= 4 is 18.1 Å². The average Bonchev–Trinajstić information content (AvgIpc) is 3.45. The maximum absolute atomic E-state index is 12.5. The number of hydrogen-bond donors (Lipinski definition) is 1. The van der Waals surface area contributed by atoms with Gasteiger partial charge in [-0.25, -0.2) is 14.5 Å². The van der Waals surface area contributed by atoms with Crippen LogP contribution in [0.2, 0.25) is 0 Å². The summed E-state index contributed by atoms with van der Waals surface area (Å²) in [6.45, 7) is 4.98. The Morgan fingerprint density at radius 2 is 1.50 bits per heavy atom. The fourth-order valence-corrected chi connectivity index (χ4v) is 5.14. The molecular formula is C33H55N3O6. The van der Waals surface area contributed by atoms with E-state index < -0.39 is 18.1 Å². The van der Waals surface area contributed by atoms with E-state index in [0.717, 1.165) is 17.7 Å². The second-order valence-corrected chi connectivity index (χ2v) is 11.5. The number of carbonyl (C=O) groups excluding carboxylic acids is 3. The predicted octanol–water partition coefficient (Wildman–Crippen LogP) is 7.57. The smallest absolute Gasteiger partial charge is 0.416 e. The Morgan fingerprint density at radius 3 is 2.07 bits per heavy atom. The number of rotatable bonds is 22. The van der Waals surface area contributed by atoms with Crippen molar-refractivity contribution in [2.24, 2.45) is 5.92 Å². The summed E-state index contributed by atoms with van der Waals surface area (Å²) in [5.74, 6) is -0.373. The number of alkyl carbamates (subject to hydrolysis) is 1. The number of hydrogen-bond acceptors (Lipinski definition) is 7. The SMILES string of the molecule is CCCCCCCCCCCCCCCCCNC(=O)OC[C@@H]1CO[C@@H](COC(=O)N(Cc2ccccn2)C(C)=O)C1. The largest absolute Gasteiger partial charge is 0.449 e. The van der Waals surface area contributed by atoms with Crippen LogP contribution in [0.4, 0.5) is 9.59 Å². The van der Waals surface area contributed by atoms with E-state index in [1.807, 2.05) is 0 Å². The fraction of sp³-hybridized carbons (Fsp3) is 0.758. The molecule has 42 heavy (non-hydrogen) atoms. The maximum atomic E-state index is 12.5. The highest BCUT2D eigenvalue weighted by atomic mass is 16.6. The summed E-state index contributed by atoms with van der Waals surface area (Å²) in [5, 5.41) is 2.83. The minimum Gasteiger partial charge on any atom is -0.449 e. The summed E-state index contributed by atoms with van der Waals surface area (Å²) < 4.78 is 16.4. The van der Waals surface area contributed by atoms with Gasteiger partial charge in [0.1, 0.15) is 6.61 Å². The van der Waals surface area contributed by atoms with Gasteiger partial charge in [0.05, 0.1) is 31.6 Å². The minimum absolute atomic E-state index is 0.0344. The number of nitrogens with zero attached hydrogens (tertiary/aromatic N) is 2. The predicted molar refractivity (Wildman–Crippen MR) is 164 cm³/mol. The topological polar surface area (TPSA) is 107 Å². The van der Waals surface area contributed by atoms with Crippen LogP contribution < -0.4 is 5.32 Å². The summed E-state index contributed by atoms with van der Waals surface area (Å²) in [6.07, 6.45) is 20.5. The zero-order valence-corrected chi connectivity index (χ0v) is 26.2. The van der Waals surface area contributed by atoms with Gasteiger partial charge in [0.25, 0.3) is 0 Å². The van der Waals surface area contributed by atoms with Gasteiger partial charge in [-0.3, -0.25) is 9.78 Å². The molecule has 238 valence electrons. The highest BCUT2D eigenvalue weighted by molar-refractivity contribution is 5.90. The van der Waals surface area contributed by atoms with E-state index in [4.69, 9.17) is 14.2 Å². The van der Waals surface area contributed by atoms with Crippen LogP contribution in [0.5, 0.6) is 0 Å². The molecule has 9 heteroatoms. The molecule has 0 aliphatic carbocycles. The van der Waals surface area contributed by atoms with Gasteiger partial charge in [-0.1, -0.05) is 103 Å². The molecule has 2 atom stereocenters. The molecule has 1 aromatic rings. The van der Waals surface area contributed by atoms with Gasteiger partial charge in [0, 0.05) is 25.6 Å². The van der Waals surface area contributed by atoms with E-state index in [-0.39, 0.29) is 31.8 Å². The number of unbranched alkanes of at least 4 members (excludes halogenated alkanes) is 14. The molecule has 1 saturated heterocycles. The molecule has 3 amide bonds. The van der Waals surface area contributed by atoms with Crippen molar-refractivity contribution in [1.29, 1.82) is 0 Å². The zero-order chi connectivity index (χ0) is 30.3. The third-order valence-electron chi connectivity index (χ3n) is 7.70. The first kappa shape index (κ1) is 35.5. The number of imide groups is 1. The third kappa shape index (κ3) is 16.7. The maximum Gasteiger partial charge on any atom is 0.416 e. The molecule has 1 aliphatic rings. The quantitative estimate of drug-likeness (QED) is 0.139. The van der Waals surface area contributed by atoms with Crippen LogP contribution in [0, 0.1) is 5.92 Å². The molecule has 0 saturated carbocycles. The summed E-state index contributed by atoms with van der Waals surface area (Å²) in [5.41, 5.74) is 0.594. The molecule has 0 radical (unpaired) electrons. The van der Waals surface area contributed by atoms with Crippen molar-refractivity contribution < 1.29 is 28.6 Å². The van der Waals surface area contributed by atoms with E-state index in [0.29, 0.717) is 25.3 Å². The van der Waals surface area contributed by atoms with Crippen LogP contribution in [0.1, 0.15) is 122 Å². The van der Waals surface area contributed by atoms with Crippen LogP contribution in [0.3, 0.4) is 0 Å². The van der Waals surface area contributed by atoms with Gasteiger partial charge in [-0.2, -0.15) is 0 Å². The highest BCUT2D eigenvalue weighted by Gasteiger charge is 2.29. The normalized spacial score (nSPS) is 16.2. The number of ether oxygens (including phenoxy) is 3. The van der Waals surface area contributed by atoms with E-state index >= 15 is 0 Å². The summed E-state index contributed by atoms with van der Waals surface area (Å²) in [6, 6.07) is 5.30. The molecule has 1 N–H and O–H groups in total. The van der Waals surface area contributed by atoms with Crippen LogP contribution in [-0.2, 0) is 25.5 Å². The summed E-state index contributed by atoms with van der Waals surface area (Å²) in [7, 11) is 0. The lowest BCUT2D eigenvalue weighted by Crippen LogP contribution is -2.36. The highest BCUT2D eigenvalue weighted by Crippen LogP contribution is 2.21. The first-order chi connectivity index (χ1) is 20.5. The Labute approximate surface area is 253 Å². The Hall–Kier alpha value is -2.68. The van der Waals surface area contributed by atoms with Crippen molar-refractivity contribution in [2.45, 2.75) is 129 Å². The number of nitrogens with one attached hydrogen (secondary N) is 1. The van der Waals surface area contributed by atoms with Gasteiger partial charge in [0.15, 0.2) is 0 Å². The Bertz CT molecular complexity index is 869. The van der Waals surface area contributed by atoms with Gasteiger partial charge >= 0.3 is 12.2 Å². The van der Waals surface area contributed by atoms with E-state index in [2.05, 4.69) is 17.2 Å². The van der Waals surface area contributed by atoms with Crippen LogP contribution >= 0.6 is 0 Å². The molecule has 9 nitrogen and oxygen atoms in total. The first-order valence-corrected chi connectivity index (χ1v) is 16.4. The van der Waals surface area contributed by atoms with Gasteiger partial charge < -0.3 is 19.5 Å². The zero-order valence-electron chi connectivity index (χ0n) is 26.2. The Morgan fingerprint density at radius 1 is 0.881 bits per heavy atom. The molecule has 0 bridgehead atoms. The number of amides is 3. The summed E-state index contributed by atoms with van der Waals surface area (Å²) >= 11 is 0. The van der Waals surface area contributed by atoms with Gasteiger partial charge in [-0.15, -0.1) is 0 Å². The van der Waals surface area contributed by atoms with Gasteiger partial charge in [0.2, 0.25) is 5.91 Å². The van der Waals surface area contributed by atoms with Crippen molar-refractivity contribution in [3.63, 3.8) is 0 Å². The molecule has 0 spiro atoms. The third-order valence-corrected chi connectivity index (χ3v) is 7.70. The number of carbonyl (C=O) groups is 3. The Kier molecular flexibility index (Phi) is 19.3. The molecular weight excluding hydrogens is 534 g/mol. The lowest BCUT2D eigenvalue weighted by Gasteiger charge is -2.19. The monoisotopic (exact) mass is 589 g/mol. The van der Waals surface area contributed by atoms with Crippen molar-refractivity contribution in [2.75, 3.05) is 26.4 Å². The molecule has 1 aliphatic heterocycles. The van der Waals surface area contributed by atoms with E-state index in [1.165, 1.54) is 90.4 Å². The number of pyridine rings is 1. The Balaban J connectivity index is 1.41. The lowest BCUT2D eigenvalue weighted by atomic mass is 10.0. The molecule has 2 heterocycles. The summed E-state index contributed by atoms with van der Waals surface area (Å²) in [4.78, 5) is 41.6. The standard InChI is InChI=1S/C33H55N3O6/c1-3-4-5-6-7-8-9-10-11-12-13-14-15-16-18-22-35-32(38)41-26-29-23-31(40-25-29)27-42-33(39)36(28(2)37)24-30-20-17-19-21-34-30/h17,19-21,29,31H,3-16,18,22-27H2,1-2H3,(H,35,38)/t29-,31+/m0/s1. The molecule has 0 aromatic carbocycles. The first-order valence-electron chi connectivity index (χ1n) is 16.4. The molecule has 2 rings (SSSR count). The second kappa shape index (κ2) is 22.9. The van der Waals surface area contributed by atoms with Gasteiger partial charge in [-0.05, 0) is 25.0 Å². The van der Waals surface area contributed by atoms with Crippen LogP contribution in [0.25, 0.3) is 0 Å². The molecule has 1 fully saturated rings. The van der Waals surface area contributed by atoms with Crippen LogP contribution in [-0.4, -0.2) is 60.4 Å². The fourth-order valence-electron chi connectivity index (χ4n) is 5.14. The van der Waals surface area contributed by atoms with Crippen molar-refractivity contribution in [3.8, 4) is 0 Å². The van der Waals surface area contributed by atoms with E-state index in [9.17, 15) is 14.4 Å². The number of aromatic nitrogens is 1. The van der Waals surface area contributed by atoms with Crippen LogP contribution in [0.15, 0.2) is 24.4 Å².